The Balaban J connectivity index is 1.92. The van der Waals surface area contributed by atoms with E-state index in [0.717, 1.165) is 18.2 Å². The van der Waals surface area contributed by atoms with Crippen molar-refractivity contribution in [2.45, 2.75) is 45.1 Å². The second-order valence-electron chi connectivity index (χ2n) is 6.74. The van der Waals surface area contributed by atoms with Crippen molar-refractivity contribution in [2.75, 3.05) is 19.6 Å². The Morgan fingerprint density at radius 1 is 1.22 bits per heavy atom. The van der Waals surface area contributed by atoms with Gasteiger partial charge in [0.05, 0.1) is 0 Å². The molecule has 1 saturated heterocycles. The second kappa shape index (κ2) is 9.43. The van der Waals surface area contributed by atoms with E-state index in [4.69, 9.17) is 5.11 Å². The van der Waals surface area contributed by atoms with Crippen molar-refractivity contribution in [3.8, 4) is 0 Å². The largest absolute Gasteiger partial charge is 0.480 e. The zero-order valence-corrected chi connectivity index (χ0v) is 15.3. The van der Waals surface area contributed by atoms with Crippen molar-refractivity contribution in [1.29, 1.82) is 0 Å². The molecule has 148 valence electrons. The van der Waals surface area contributed by atoms with Crippen LogP contribution in [0.2, 0.25) is 0 Å². The first-order valence-electron chi connectivity index (χ1n) is 8.98. The van der Waals surface area contributed by atoms with Crippen LogP contribution in [0.1, 0.15) is 38.2 Å². The highest BCUT2D eigenvalue weighted by molar-refractivity contribution is 5.80. The summed E-state index contributed by atoms with van der Waals surface area (Å²) in [6.45, 7) is 1.88. The zero-order chi connectivity index (χ0) is 20.0. The average molecular weight is 382 g/mol. The summed E-state index contributed by atoms with van der Waals surface area (Å²) in [4.78, 5) is 38.1. The van der Waals surface area contributed by atoms with Gasteiger partial charge in [-0.3, -0.25) is 14.4 Å². The van der Waals surface area contributed by atoms with Crippen molar-refractivity contribution in [3.05, 3.63) is 35.4 Å². The quantitative estimate of drug-likeness (QED) is 0.818. The first kappa shape index (κ1) is 20.8. The fourth-order valence-corrected chi connectivity index (χ4v) is 3.42. The molecule has 0 spiro atoms. The summed E-state index contributed by atoms with van der Waals surface area (Å²) >= 11 is 0. The van der Waals surface area contributed by atoms with Gasteiger partial charge in [0.15, 0.2) is 0 Å². The third-order valence-corrected chi connectivity index (χ3v) is 4.82. The molecule has 1 unspecified atom stereocenters. The first-order chi connectivity index (χ1) is 12.8. The van der Waals surface area contributed by atoms with Gasteiger partial charge in [0.1, 0.15) is 18.2 Å². The van der Waals surface area contributed by atoms with E-state index in [0.29, 0.717) is 32.4 Å². The van der Waals surface area contributed by atoms with Gasteiger partial charge in [0, 0.05) is 32.5 Å². The fraction of sp³-hybridized carbons (Fsp3) is 0.526. The van der Waals surface area contributed by atoms with Crippen molar-refractivity contribution >= 4 is 17.8 Å². The Morgan fingerprint density at radius 3 is 2.63 bits per heavy atom. The number of hydrogen-bond acceptors (Lipinski definition) is 3. The number of carboxylic acids is 1. The third kappa shape index (κ3) is 6.01. The third-order valence-electron chi connectivity index (χ3n) is 4.82. The lowest BCUT2D eigenvalue weighted by Crippen LogP contribution is -2.43. The number of likely N-dealkylation sites (tertiary alicyclic amines) is 1. The molecule has 1 fully saturated rings. The number of carbonyl (C=O) groups excluding carboxylic acids is 2. The summed E-state index contributed by atoms with van der Waals surface area (Å²) in [5, 5.41) is 8.98. The number of halogens is 2. The fourth-order valence-electron chi connectivity index (χ4n) is 3.42. The molecule has 8 heteroatoms. The smallest absolute Gasteiger partial charge is 0.323 e. The molecule has 6 nitrogen and oxygen atoms in total. The summed E-state index contributed by atoms with van der Waals surface area (Å²) in [7, 11) is 0. The molecule has 0 saturated carbocycles. The number of hydrogen-bond donors (Lipinski definition) is 1. The lowest BCUT2D eigenvalue weighted by molar-refractivity contribution is -0.145. The summed E-state index contributed by atoms with van der Waals surface area (Å²) in [5.74, 6) is -2.61. The number of benzene rings is 1. The van der Waals surface area contributed by atoms with E-state index < -0.39 is 17.6 Å². The normalized spacial score (nSPS) is 17.3. The lowest BCUT2D eigenvalue weighted by atomic mass is 10.1. The predicted octanol–water partition coefficient (Wildman–Crippen LogP) is 2.21. The summed E-state index contributed by atoms with van der Waals surface area (Å²) in [6.07, 6.45) is 1.94. The Labute approximate surface area is 156 Å². The molecule has 0 bridgehead atoms. The summed E-state index contributed by atoms with van der Waals surface area (Å²) in [6, 6.07) is 2.95. The van der Waals surface area contributed by atoms with Crippen LogP contribution in [0.25, 0.3) is 0 Å². The van der Waals surface area contributed by atoms with Crippen molar-refractivity contribution < 1.29 is 28.3 Å². The molecule has 1 aliphatic rings. The highest BCUT2D eigenvalue weighted by atomic mass is 19.1. The van der Waals surface area contributed by atoms with Crippen LogP contribution >= 0.6 is 0 Å². The summed E-state index contributed by atoms with van der Waals surface area (Å²) < 4.78 is 26.9. The van der Waals surface area contributed by atoms with Gasteiger partial charge in [-0.15, -0.1) is 0 Å². The number of aryl methyl sites for hydroxylation is 1. The Bertz CT molecular complexity index is 711. The molecule has 0 aromatic heterocycles. The van der Waals surface area contributed by atoms with Crippen LogP contribution < -0.4 is 0 Å². The van der Waals surface area contributed by atoms with Crippen molar-refractivity contribution in [2.24, 2.45) is 0 Å². The minimum Gasteiger partial charge on any atom is -0.480 e. The topological polar surface area (TPSA) is 77.9 Å². The molecule has 2 amide bonds. The molecule has 1 heterocycles. The molecule has 2 rings (SSSR count). The predicted molar refractivity (Wildman–Crippen MR) is 93.9 cm³/mol. The second-order valence-corrected chi connectivity index (χ2v) is 6.74. The number of amides is 2. The zero-order valence-electron chi connectivity index (χ0n) is 15.3. The van der Waals surface area contributed by atoms with Gasteiger partial charge in [0.2, 0.25) is 11.8 Å². The number of carboxylic acid groups (broad SMARTS) is 1. The minimum atomic E-state index is -1.07. The SMILES string of the molecule is CC(=O)N(CC(=O)O)C1CCCN(C(=O)CCc2cc(F)ccc2F)CC1. The molecule has 27 heavy (non-hydrogen) atoms. The average Bonchev–Trinajstić information content (AvgIpc) is 2.86. The van der Waals surface area contributed by atoms with Gasteiger partial charge in [-0.05, 0) is 49.4 Å². The maximum absolute atomic E-state index is 13.7. The maximum Gasteiger partial charge on any atom is 0.323 e. The molecular weight excluding hydrogens is 358 g/mol. The Morgan fingerprint density at radius 2 is 1.96 bits per heavy atom. The molecule has 0 radical (unpaired) electrons. The Kier molecular flexibility index (Phi) is 7.27. The Hall–Kier alpha value is -2.51. The van der Waals surface area contributed by atoms with Crippen LogP contribution in [-0.4, -0.2) is 58.4 Å². The van der Waals surface area contributed by atoms with Gasteiger partial charge in [-0.1, -0.05) is 0 Å². The molecule has 1 aromatic rings. The highest BCUT2D eigenvalue weighted by Crippen LogP contribution is 2.19. The van der Waals surface area contributed by atoms with E-state index >= 15 is 0 Å². The van der Waals surface area contributed by atoms with Crippen LogP contribution in [0, 0.1) is 11.6 Å². The molecule has 1 N–H and O–H groups in total. The van der Waals surface area contributed by atoms with Crippen molar-refractivity contribution in [1.82, 2.24) is 9.80 Å². The van der Waals surface area contributed by atoms with Gasteiger partial charge in [0.25, 0.3) is 0 Å². The molecule has 1 aliphatic heterocycles. The first-order valence-corrected chi connectivity index (χ1v) is 8.98. The molecule has 1 aromatic carbocycles. The van der Waals surface area contributed by atoms with Gasteiger partial charge in [-0.25, -0.2) is 8.78 Å². The number of nitrogens with zero attached hydrogens (tertiary/aromatic N) is 2. The van der Waals surface area contributed by atoms with Gasteiger partial charge in [-0.2, -0.15) is 0 Å². The van der Waals surface area contributed by atoms with Crippen LogP contribution in [-0.2, 0) is 20.8 Å². The van der Waals surface area contributed by atoms with Crippen LogP contribution in [0.5, 0.6) is 0 Å². The number of aliphatic carboxylic acids is 1. The van der Waals surface area contributed by atoms with E-state index in [1.807, 2.05) is 0 Å². The number of rotatable bonds is 6. The monoisotopic (exact) mass is 382 g/mol. The van der Waals surface area contributed by atoms with E-state index in [2.05, 4.69) is 0 Å². The number of carbonyl (C=O) groups is 3. The van der Waals surface area contributed by atoms with Crippen LogP contribution in [0.4, 0.5) is 8.78 Å². The molecule has 1 atom stereocenters. The van der Waals surface area contributed by atoms with E-state index in [9.17, 15) is 23.2 Å². The van der Waals surface area contributed by atoms with E-state index in [1.54, 1.807) is 4.90 Å². The van der Waals surface area contributed by atoms with Gasteiger partial charge < -0.3 is 14.9 Å². The molecular formula is C19H24F2N2O4. The minimum absolute atomic E-state index is 0.0661. The molecule has 0 aliphatic carbocycles. The van der Waals surface area contributed by atoms with E-state index in [-0.39, 0.29) is 42.8 Å². The lowest BCUT2D eigenvalue weighted by Gasteiger charge is -2.28. The van der Waals surface area contributed by atoms with Crippen LogP contribution in [0.15, 0.2) is 18.2 Å². The maximum atomic E-state index is 13.7. The van der Waals surface area contributed by atoms with Gasteiger partial charge >= 0.3 is 5.97 Å². The standard InChI is InChI=1S/C19H24F2N2O4/c1-13(24)23(12-19(26)27)16-3-2-9-22(10-8-16)18(25)7-4-14-11-15(20)5-6-17(14)21/h5-6,11,16H,2-4,7-10,12H2,1H3,(H,26,27). The van der Waals surface area contributed by atoms with Crippen molar-refractivity contribution in [3.63, 3.8) is 0 Å². The van der Waals surface area contributed by atoms with E-state index in [1.165, 1.54) is 11.8 Å². The van der Waals surface area contributed by atoms with Crippen LogP contribution in [0.3, 0.4) is 0 Å². The highest BCUT2D eigenvalue weighted by Gasteiger charge is 2.27. The summed E-state index contributed by atoms with van der Waals surface area (Å²) in [5.41, 5.74) is 0.167.